The van der Waals surface area contributed by atoms with Crippen LogP contribution in [0.3, 0.4) is 0 Å². The average Bonchev–Trinajstić information content (AvgIpc) is 3.13. The first kappa shape index (κ1) is 33.9. The second-order valence-electron chi connectivity index (χ2n) is 11.7. The fourth-order valence-electron chi connectivity index (χ4n) is 6.68. The van der Waals surface area contributed by atoms with E-state index >= 15 is 4.79 Å². The number of Topliss-reactive ketones (excluding diaryl/α,β-unsaturated/α-hetero) is 1. The number of non-ortho nitro benzene ring substituents is 2. The molecule has 1 spiro atoms. The zero-order valence-corrected chi connectivity index (χ0v) is 27.0. The maximum absolute atomic E-state index is 15.1. The summed E-state index contributed by atoms with van der Waals surface area (Å²) in [5.74, 6) is -4.30. The standard InChI is InChI=1S/C37H28N4O10/c1-50-27-15-7-23(8-16-27)31-29(19-21-3-11-25(12-4-21)40(46)47)33(42)30(20-22-5-13-26(14-6-22)41(48)49)32(24-9-17-28(51-2)18-10-24)37(31)34(43)38-36(45)39-35(37)44/h3-20,31-32H,1-2H3,(H2,38,39,43,44,45)/b29-19+,30-20+. The van der Waals surface area contributed by atoms with Gasteiger partial charge in [0, 0.05) is 47.2 Å². The van der Waals surface area contributed by atoms with Crippen LogP contribution in [0.25, 0.3) is 12.2 Å². The Balaban J connectivity index is 1.71. The number of rotatable bonds is 8. The van der Waals surface area contributed by atoms with Gasteiger partial charge in [0.15, 0.2) is 11.2 Å². The summed E-state index contributed by atoms with van der Waals surface area (Å²) < 4.78 is 10.7. The van der Waals surface area contributed by atoms with Gasteiger partial charge in [0.2, 0.25) is 11.8 Å². The van der Waals surface area contributed by atoms with Crippen LogP contribution in [-0.4, -0.2) is 47.7 Å². The number of nitro benzene ring substituents is 2. The van der Waals surface area contributed by atoms with E-state index in [9.17, 15) is 34.6 Å². The summed E-state index contributed by atoms with van der Waals surface area (Å²) in [6, 6.07) is 22.5. The van der Waals surface area contributed by atoms with Crippen LogP contribution in [0.4, 0.5) is 16.2 Å². The van der Waals surface area contributed by atoms with E-state index < -0.39 is 50.7 Å². The van der Waals surface area contributed by atoms with Gasteiger partial charge in [-0.2, -0.15) is 0 Å². The molecule has 6 rings (SSSR count). The highest BCUT2D eigenvalue weighted by molar-refractivity contribution is 6.27. The van der Waals surface area contributed by atoms with Crippen LogP contribution in [0.2, 0.25) is 0 Å². The van der Waals surface area contributed by atoms with Crippen molar-refractivity contribution in [1.29, 1.82) is 0 Å². The monoisotopic (exact) mass is 688 g/mol. The number of benzene rings is 4. The largest absolute Gasteiger partial charge is 0.497 e. The van der Waals surface area contributed by atoms with Gasteiger partial charge < -0.3 is 9.47 Å². The number of amides is 4. The SMILES string of the molecule is COc1ccc(C2/C(=C\c3ccc([N+](=O)[O-])cc3)C(=O)/C(=C/c3ccc([N+](=O)[O-])cc3)C(c3ccc(OC)cc3)C23C(=O)NC(=O)NC3=O)cc1. The van der Waals surface area contributed by atoms with E-state index in [0.29, 0.717) is 33.8 Å². The number of hydrogen-bond acceptors (Lipinski definition) is 10. The summed E-state index contributed by atoms with van der Waals surface area (Å²) in [5.41, 5.74) is -1.29. The number of nitrogens with zero attached hydrogens (tertiary/aromatic N) is 2. The fourth-order valence-corrected chi connectivity index (χ4v) is 6.68. The predicted molar refractivity (Wildman–Crippen MR) is 183 cm³/mol. The van der Waals surface area contributed by atoms with Gasteiger partial charge in [-0.15, -0.1) is 0 Å². The average molecular weight is 689 g/mol. The van der Waals surface area contributed by atoms with E-state index in [1.165, 1.54) is 74.9 Å². The molecule has 14 nitrogen and oxygen atoms in total. The molecule has 1 saturated heterocycles. The molecule has 4 amide bonds. The Morgan fingerprint density at radius 2 is 0.941 bits per heavy atom. The number of carbonyl (C=O) groups is 4. The zero-order chi connectivity index (χ0) is 36.4. The van der Waals surface area contributed by atoms with Crippen LogP contribution >= 0.6 is 0 Å². The molecule has 2 fully saturated rings. The van der Waals surface area contributed by atoms with Gasteiger partial charge in [-0.05, 0) is 82.9 Å². The molecule has 14 heteroatoms. The number of imide groups is 2. The van der Waals surface area contributed by atoms with E-state index in [-0.39, 0.29) is 22.5 Å². The highest BCUT2D eigenvalue weighted by atomic mass is 16.6. The zero-order valence-electron chi connectivity index (χ0n) is 27.0. The molecule has 256 valence electrons. The van der Waals surface area contributed by atoms with Gasteiger partial charge in [0.05, 0.1) is 24.1 Å². The van der Waals surface area contributed by atoms with E-state index in [4.69, 9.17) is 9.47 Å². The smallest absolute Gasteiger partial charge is 0.328 e. The van der Waals surface area contributed by atoms with Crippen molar-refractivity contribution >= 4 is 47.2 Å². The van der Waals surface area contributed by atoms with Crippen LogP contribution in [0, 0.1) is 25.6 Å². The first-order valence-corrected chi connectivity index (χ1v) is 15.4. The first-order chi connectivity index (χ1) is 24.5. The second kappa shape index (κ2) is 13.5. The number of nitro groups is 2. The van der Waals surface area contributed by atoms with Gasteiger partial charge in [-0.25, -0.2) is 4.79 Å². The highest BCUT2D eigenvalue weighted by Crippen LogP contribution is 2.60. The molecule has 4 aromatic carbocycles. The molecule has 1 aliphatic carbocycles. The summed E-state index contributed by atoms with van der Waals surface area (Å²) in [6.07, 6.45) is 2.90. The predicted octanol–water partition coefficient (Wildman–Crippen LogP) is 5.49. The van der Waals surface area contributed by atoms with Crippen molar-refractivity contribution in [3.63, 3.8) is 0 Å². The Labute approximate surface area is 289 Å². The number of ether oxygens (including phenoxy) is 2. The molecule has 1 saturated carbocycles. The van der Waals surface area contributed by atoms with Crippen LogP contribution in [-0.2, 0) is 14.4 Å². The van der Waals surface area contributed by atoms with Crippen LogP contribution in [0.15, 0.2) is 108 Å². The topological polar surface area (TPSA) is 197 Å². The van der Waals surface area contributed by atoms with Crippen LogP contribution in [0.5, 0.6) is 11.5 Å². The lowest BCUT2D eigenvalue weighted by molar-refractivity contribution is -0.385. The third-order valence-electron chi connectivity index (χ3n) is 9.01. The molecule has 1 aliphatic heterocycles. The summed E-state index contributed by atoms with van der Waals surface area (Å²) >= 11 is 0. The molecule has 0 radical (unpaired) electrons. The van der Waals surface area contributed by atoms with Gasteiger partial charge in [0.25, 0.3) is 11.4 Å². The molecular weight excluding hydrogens is 660 g/mol. The van der Waals surface area contributed by atoms with Crippen LogP contribution in [0.1, 0.15) is 34.1 Å². The Morgan fingerprint density at radius 1 is 0.588 bits per heavy atom. The molecular formula is C37H28N4O10. The van der Waals surface area contributed by atoms with Crippen molar-refractivity contribution in [3.8, 4) is 11.5 Å². The van der Waals surface area contributed by atoms with Crippen molar-refractivity contribution in [2.75, 3.05) is 14.2 Å². The number of urea groups is 1. The van der Waals surface area contributed by atoms with Crippen molar-refractivity contribution in [3.05, 3.63) is 151 Å². The maximum atomic E-state index is 15.1. The molecule has 2 unspecified atom stereocenters. The number of hydrogen-bond donors (Lipinski definition) is 2. The van der Waals surface area contributed by atoms with Crippen LogP contribution < -0.4 is 20.1 Å². The Morgan fingerprint density at radius 3 is 1.25 bits per heavy atom. The fraction of sp³-hybridized carbons (Fsp3) is 0.135. The minimum absolute atomic E-state index is 0.0356. The number of barbiturate groups is 1. The van der Waals surface area contributed by atoms with E-state index in [0.717, 1.165) is 0 Å². The minimum Gasteiger partial charge on any atom is -0.497 e. The number of carbonyl (C=O) groups excluding carboxylic acids is 4. The molecule has 4 aromatic rings. The summed E-state index contributed by atoms with van der Waals surface area (Å²) in [6.45, 7) is 0. The van der Waals surface area contributed by atoms with Crippen molar-refractivity contribution in [1.82, 2.24) is 10.6 Å². The molecule has 2 aliphatic rings. The Kier molecular flexibility index (Phi) is 8.99. The molecule has 2 N–H and O–H groups in total. The van der Waals surface area contributed by atoms with E-state index in [1.807, 2.05) is 0 Å². The lowest BCUT2D eigenvalue weighted by Crippen LogP contribution is -2.68. The third-order valence-corrected chi connectivity index (χ3v) is 9.01. The van der Waals surface area contributed by atoms with Crippen molar-refractivity contribution in [2.45, 2.75) is 11.8 Å². The van der Waals surface area contributed by atoms with Gasteiger partial charge in [-0.3, -0.25) is 45.2 Å². The molecule has 1 heterocycles. The number of methoxy groups -OCH3 is 2. The van der Waals surface area contributed by atoms with E-state index in [1.54, 1.807) is 48.5 Å². The molecule has 51 heavy (non-hydrogen) atoms. The quantitative estimate of drug-likeness (QED) is 0.103. The van der Waals surface area contributed by atoms with Crippen molar-refractivity contribution in [2.24, 2.45) is 5.41 Å². The Hall–Kier alpha value is -6.96. The summed E-state index contributed by atoms with van der Waals surface area (Å²) in [4.78, 5) is 78.5. The summed E-state index contributed by atoms with van der Waals surface area (Å²) in [7, 11) is 2.92. The number of nitrogens with one attached hydrogen (secondary N) is 2. The summed E-state index contributed by atoms with van der Waals surface area (Å²) in [5, 5.41) is 27.3. The molecule has 2 atom stereocenters. The highest BCUT2D eigenvalue weighted by Gasteiger charge is 2.66. The molecule has 0 bridgehead atoms. The first-order valence-electron chi connectivity index (χ1n) is 15.4. The molecule has 0 aromatic heterocycles. The second-order valence-corrected chi connectivity index (χ2v) is 11.7. The lowest BCUT2D eigenvalue weighted by atomic mass is 9.51. The number of allylic oxidation sites excluding steroid dienone is 2. The maximum Gasteiger partial charge on any atom is 0.328 e. The third kappa shape index (κ3) is 6.10. The Bertz CT molecular complexity index is 1990. The van der Waals surface area contributed by atoms with E-state index in [2.05, 4.69) is 10.6 Å². The minimum atomic E-state index is -2.23. The van der Waals surface area contributed by atoms with Gasteiger partial charge in [0.1, 0.15) is 11.5 Å². The van der Waals surface area contributed by atoms with Gasteiger partial charge >= 0.3 is 6.03 Å². The lowest BCUT2D eigenvalue weighted by Gasteiger charge is -2.50. The van der Waals surface area contributed by atoms with Gasteiger partial charge in [-0.1, -0.05) is 24.3 Å². The number of ketones is 1. The van der Waals surface area contributed by atoms with Crippen molar-refractivity contribution < 1.29 is 38.5 Å². The normalized spacial score (nSPS) is 19.8.